The van der Waals surface area contributed by atoms with Gasteiger partial charge in [-0.25, -0.2) is 4.79 Å². The second-order valence-electron chi connectivity index (χ2n) is 5.79. The molecule has 0 aliphatic carbocycles. The average Bonchev–Trinajstić information content (AvgIpc) is 2.77. The zero-order chi connectivity index (χ0) is 14.6. The van der Waals surface area contributed by atoms with E-state index in [9.17, 15) is 9.59 Å². The van der Waals surface area contributed by atoms with Crippen molar-refractivity contribution in [3.63, 3.8) is 0 Å². The molecule has 1 heterocycles. The predicted octanol–water partition coefficient (Wildman–Crippen LogP) is 1.31. The van der Waals surface area contributed by atoms with Gasteiger partial charge in [-0.2, -0.15) is 0 Å². The molecule has 6 heteroatoms. The first-order valence-corrected chi connectivity index (χ1v) is 6.58. The number of rotatable bonds is 5. The summed E-state index contributed by atoms with van der Waals surface area (Å²) in [6.45, 7) is 6.64. The smallest absolute Gasteiger partial charge is 0.317 e. The lowest BCUT2D eigenvalue weighted by Crippen LogP contribution is -2.45. The van der Waals surface area contributed by atoms with Crippen LogP contribution in [-0.2, 0) is 9.53 Å². The van der Waals surface area contributed by atoms with Crippen LogP contribution in [0.15, 0.2) is 0 Å². The third kappa shape index (κ3) is 4.70. The summed E-state index contributed by atoms with van der Waals surface area (Å²) < 4.78 is 5.32. The summed E-state index contributed by atoms with van der Waals surface area (Å²) in [5.41, 5.74) is -0.290. The van der Waals surface area contributed by atoms with Gasteiger partial charge in [0.2, 0.25) is 0 Å². The number of amides is 2. The molecule has 2 N–H and O–H groups in total. The van der Waals surface area contributed by atoms with Crippen molar-refractivity contribution in [1.82, 2.24) is 10.2 Å². The Morgan fingerprint density at radius 1 is 1.53 bits per heavy atom. The van der Waals surface area contributed by atoms with Crippen LogP contribution in [0.4, 0.5) is 4.79 Å². The van der Waals surface area contributed by atoms with Crippen LogP contribution in [-0.4, -0.2) is 53.8 Å². The molecule has 2 unspecified atom stereocenters. The highest BCUT2D eigenvalue weighted by atomic mass is 16.5. The van der Waals surface area contributed by atoms with Crippen LogP contribution in [0, 0.1) is 5.92 Å². The van der Waals surface area contributed by atoms with Gasteiger partial charge in [0.15, 0.2) is 0 Å². The Balaban J connectivity index is 2.41. The third-order valence-corrected chi connectivity index (χ3v) is 3.54. The topological polar surface area (TPSA) is 78.9 Å². The van der Waals surface area contributed by atoms with E-state index in [1.165, 1.54) is 0 Å². The maximum atomic E-state index is 12.0. The number of likely N-dealkylation sites (tertiary alicyclic amines) is 1. The van der Waals surface area contributed by atoms with Crippen molar-refractivity contribution in [2.45, 2.75) is 45.3 Å². The van der Waals surface area contributed by atoms with Crippen molar-refractivity contribution in [2.75, 3.05) is 20.2 Å². The first-order chi connectivity index (χ1) is 8.75. The summed E-state index contributed by atoms with van der Waals surface area (Å²) in [6, 6.07) is -0.213. The Hall–Kier alpha value is -1.30. The van der Waals surface area contributed by atoms with Crippen molar-refractivity contribution in [1.29, 1.82) is 0 Å². The van der Waals surface area contributed by atoms with Crippen molar-refractivity contribution < 1.29 is 19.4 Å². The molecule has 1 saturated heterocycles. The number of hydrogen-bond acceptors (Lipinski definition) is 3. The molecule has 2 amide bonds. The Morgan fingerprint density at radius 2 is 2.16 bits per heavy atom. The zero-order valence-electron chi connectivity index (χ0n) is 12.1. The van der Waals surface area contributed by atoms with Crippen LogP contribution in [0.25, 0.3) is 0 Å². The lowest BCUT2D eigenvalue weighted by molar-refractivity contribution is -0.141. The largest absolute Gasteiger partial charge is 0.481 e. The summed E-state index contributed by atoms with van der Waals surface area (Å²) >= 11 is 0. The van der Waals surface area contributed by atoms with E-state index in [-0.39, 0.29) is 17.7 Å². The molecule has 2 atom stereocenters. The molecule has 0 aromatic heterocycles. The lowest BCUT2D eigenvalue weighted by Gasteiger charge is -2.28. The maximum absolute atomic E-state index is 12.0. The second kappa shape index (κ2) is 6.23. The summed E-state index contributed by atoms with van der Waals surface area (Å²) in [6.07, 6.45) is 1.23. The number of carboxylic acids is 1. The third-order valence-electron chi connectivity index (χ3n) is 3.54. The number of aliphatic carboxylic acids is 1. The van der Waals surface area contributed by atoms with Crippen LogP contribution < -0.4 is 5.32 Å². The number of carboxylic acid groups (broad SMARTS) is 1. The standard InChI is InChI=1S/C13H24N2O4/c1-9(7-13(2,3)19-4)14-12(18)15-6-5-10(8-15)11(16)17/h9-10H,5-8H2,1-4H3,(H,14,18)(H,16,17). The van der Waals surface area contributed by atoms with E-state index >= 15 is 0 Å². The van der Waals surface area contributed by atoms with E-state index < -0.39 is 11.9 Å². The highest BCUT2D eigenvalue weighted by Crippen LogP contribution is 2.18. The second-order valence-corrected chi connectivity index (χ2v) is 5.79. The molecule has 0 aromatic rings. The van der Waals surface area contributed by atoms with Gasteiger partial charge in [0.25, 0.3) is 0 Å². The predicted molar refractivity (Wildman–Crippen MR) is 71.0 cm³/mol. The molecule has 19 heavy (non-hydrogen) atoms. The van der Waals surface area contributed by atoms with Crippen LogP contribution >= 0.6 is 0 Å². The quantitative estimate of drug-likeness (QED) is 0.791. The monoisotopic (exact) mass is 272 g/mol. The fourth-order valence-electron chi connectivity index (χ4n) is 2.32. The van der Waals surface area contributed by atoms with Gasteiger partial charge < -0.3 is 20.1 Å². The summed E-state index contributed by atoms with van der Waals surface area (Å²) in [5.74, 6) is -1.26. The number of methoxy groups -OCH3 is 1. The normalized spacial score (nSPS) is 21.3. The van der Waals surface area contributed by atoms with E-state index in [1.807, 2.05) is 20.8 Å². The Labute approximate surface area is 114 Å². The SMILES string of the molecule is COC(C)(C)CC(C)NC(=O)N1CCC(C(=O)O)C1. The molecule has 110 valence electrons. The number of carbonyl (C=O) groups is 2. The number of carbonyl (C=O) groups excluding carboxylic acids is 1. The van der Waals surface area contributed by atoms with Gasteiger partial charge in [-0.1, -0.05) is 0 Å². The molecule has 0 saturated carbocycles. The molecular formula is C13H24N2O4. The lowest BCUT2D eigenvalue weighted by atomic mass is 10.00. The number of hydrogen-bond donors (Lipinski definition) is 2. The fourth-order valence-corrected chi connectivity index (χ4v) is 2.32. The molecule has 1 fully saturated rings. The van der Waals surface area contributed by atoms with Gasteiger partial charge in [-0.15, -0.1) is 0 Å². The van der Waals surface area contributed by atoms with Crippen LogP contribution in [0.5, 0.6) is 0 Å². The molecule has 0 bridgehead atoms. The minimum absolute atomic E-state index is 0.0219. The van der Waals surface area contributed by atoms with Gasteiger partial charge in [-0.05, 0) is 33.6 Å². The maximum Gasteiger partial charge on any atom is 0.317 e. The molecule has 0 radical (unpaired) electrons. The molecule has 1 aliphatic heterocycles. The van der Waals surface area contributed by atoms with Gasteiger partial charge in [0.1, 0.15) is 0 Å². The molecule has 1 aliphatic rings. The van der Waals surface area contributed by atoms with E-state index in [0.717, 1.165) is 0 Å². The van der Waals surface area contributed by atoms with Crippen LogP contribution in [0.1, 0.15) is 33.6 Å². The summed E-state index contributed by atoms with van der Waals surface area (Å²) in [5, 5.41) is 11.8. The van der Waals surface area contributed by atoms with Crippen molar-refractivity contribution >= 4 is 12.0 Å². The average molecular weight is 272 g/mol. The van der Waals surface area contributed by atoms with Gasteiger partial charge >= 0.3 is 12.0 Å². The summed E-state index contributed by atoms with van der Waals surface area (Å²) in [7, 11) is 1.65. The first kappa shape index (κ1) is 15.8. The van der Waals surface area contributed by atoms with Crippen molar-refractivity contribution in [3.8, 4) is 0 Å². The summed E-state index contributed by atoms with van der Waals surface area (Å²) in [4.78, 5) is 24.4. The highest BCUT2D eigenvalue weighted by Gasteiger charge is 2.31. The number of nitrogens with zero attached hydrogens (tertiary/aromatic N) is 1. The number of urea groups is 1. The minimum Gasteiger partial charge on any atom is -0.481 e. The van der Waals surface area contributed by atoms with E-state index in [1.54, 1.807) is 12.0 Å². The van der Waals surface area contributed by atoms with E-state index in [2.05, 4.69) is 5.32 Å². The van der Waals surface area contributed by atoms with Crippen molar-refractivity contribution in [2.24, 2.45) is 5.92 Å². The van der Waals surface area contributed by atoms with E-state index in [0.29, 0.717) is 25.9 Å². The Bertz CT molecular complexity index is 344. The minimum atomic E-state index is -0.830. The molecule has 0 spiro atoms. The van der Waals surface area contributed by atoms with Gasteiger partial charge in [-0.3, -0.25) is 4.79 Å². The Morgan fingerprint density at radius 3 is 2.63 bits per heavy atom. The first-order valence-electron chi connectivity index (χ1n) is 6.58. The molecule has 1 rings (SSSR count). The van der Waals surface area contributed by atoms with Gasteiger partial charge in [0, 0.05) is 26.2 Å². The van der Waals surface area contributed by atoms with Crippen molar-refractivity contribution in [3.05, 3.63) is 0 Å². The number of ether oxygens (including phenoxy) is 1. The van der Waals surface area contributed by atoms with Gasteiger partial charge in [0.05, 0.1) is 11.5 Å². The molecular weight excluding hydrogens is 248 g/mol. The number of nitrogens with one attached hydrogen (secondary N) is 1. The van der Waals surface area contributed by atoms with Crippen LogP contribution in [0.3, 0.4) is 0 Å². The molecule has 0 aromatic carbocycles. The highest BCUT2D eigenvalue weighted by molar-refractivity contribution is 5.77. The zero-order valence-corrected chi connectivity index (χ0v) is 12.1. The Kier molecular flexibility index (Phi) is 5.17. The molecule has 6 nitrogen and oxygen atoms in total. The van der Waals surface area contributed by atoms with E-state index in [4.69, 9.17) is 9.84 Å². The van der Waals surface area contributed by atoms with Crippen LogP contribution in [0.2, 0.25) is 0 Å². The fraction of sp³-hybridized carbons (Fsp3) is 0.846.